The van der Waals surface area contributed by atoms with Gasteiger partial charge in [0.25, 0.3) is 0 Å². The largest absolute Gasteiger partial charge is 0.397 e. The summed E-state index contributed by atoms with van der Waals surface area (Å²) in [5.74, 6) is 0. The SMILES string of the molecule is Cc1cnc(Sc2ccc3ncccc3c2N)nc1. The summed E-state index contributed by atoms with van der Waals surface area (Å²) in [7, 11) is 0. The lowest BCUT2D eigenvalue weighted by atomic mass is 10.2. The summed E-state index contributed by atoms with van der Waals surface area (Å²) in [5, 5.41) is 1.65. The number of aromatic nitrogens is 3. The van der Waals surface area contributed by atoms with Crippen molar-refractivity contribution in [1.29, 1.82) is 0 Å². The second-order valence-corrected chi connectivity index (χ2v) is 5.20. The van der Waals surface area contributed by atoms with E-state index in [-0.39, 0.29) is 0 Å². The van der Waals surface area contributed by atoms with Gasteiger partial charge in [-0.05, 0) is 48.5 Å². The van der Waals surface area contributed by atoms with Crippen molar-refractivity contribution in [3.63, 3.8) is 0 Å². The van der Waals surface area contributed by atoms with Crippen LogP contribution < -0.4 is 5.73 Å². The maximum atomic E-state index is 6.18. The number of benzene rings is 1. The van der Waals surface area contributed by atoms with Crippen LogP contribution in [0.4, 0.5) is 5.69 Å². The van der Waals surface area contributed by atoms with Crippen molar-refractivity contribution < 1.29 is 0 Å². The Morgan fingerprint density at radius 3 is 2.63 bits per heavy atom. The number of hydrogen-bond donors (Lipinski definition) is 1. The average molecular weight is 268 g/mol. The predicted octanol–water partition coefficient (Wildman–Crippen LogP) is 3.07. The fourth-order valence-corrected chi connectivity index (χ4v) is 2.54. The number of nitrogen functional groups attached to an aromatic ring is 1. The average Bonchev–Trinajstić information content (AvgIpc) is 2.45. The van der Waals surface area contributed by atoms with E-state index in [1.54, 1.807) is 18.6 Å². The van der Waals surface area contributed by atoms with Gasteiger partial charge in [0.2, 0.25) is 0 Å². The third kappa shape index (κ3) is 2.37. The molecule has 0 spiro atoms. The van der Waals surface area contributed by atoms with Gasteiger partial charge in [-0.15, -0.1) is 0 Å². The highest BCUT2D eigenvalue weighted by Gasteiger charge is 2.08. The van der Waals surface area contributed by atoms with Gasteiger partial charge in [0.05, 0.1) is 11.2 Å². The van der Waals surface area contributed by atoms with E-state index in [9.17, 15) is 0 Å². The zero-order chi connectivity index (χ0) is 13.2. The summed E-state index contributed by atoms with van der Waals surface area (Å²) in [6.07, 6.45) is 5.36. The van der Waals surface area contributed by atoms with Crippen molar-refractivity contribution in [3.05, 3.63) is 48.4 Å². The fourth-order valence-electron chi connectivity index (χ4n) is 1.78. The molecule has 94 valence electrons. The van der Waals surface area contributed by atoms with E-state index in [0.29, 0.717) is 5.16 Å². The summed E-state index contributed by atoms with van der Waals surface area (Å²) in [4.78, 5) is 13.8. The molecule has 3 rings (SSSR count). The van der Waals surface area contributed by atoms with Gasteiger partial charge in [0, 0.05) is 28.9 Å². The Bertz CT molecular complexity index is 725. The maximum absolute atomic E-state index is 6.18. The summed E-state index contributed by atoms with van der Waals surface area (Å²) >= 11 is 1.46. The molecule has 1 aromatic carbocycles. The van der Waals surface area contributed by atoms with Gasteiger partial charge in [-0.25, -0.2) is 9.97 Å². The highest BCUT2D eigenvalue weighted by Crippen LogP contribution is 2.33. The van der Waals surface area contributed by atoms with Gasteiger partial charge >= 0.3 is 0 Å². The van der Waals surface area contributed by atoms with Gasteiger partial charge in [-0.1, -0.05) is 0 Å². The van der Waals surface area contributed by atoms with Crippen molar-refractivity contribution in [3.8, 4) is 0 Å². The lowest BCUT2D eigenvalue weighted by Crippen LogP contribution is -1.93. The molecule has 0 aliphatic heterocycles. The molecule has 0 aliphatic rings. The van der Waals surface area contributed by atoms with Crippen LogP contribution in [0.3, 0.4) is 0 Å². The van der Waals surface area contributed by atoms with Gasteiger partial charge in [0.1, 0.15) is 0 Å². The summed E-state index contributed by atoms with van der Waals surface area (Å²) in [6, 6.07) is 7.77. The summed E-state index contributed by atoms with van der Waals surface area (Å²) in [5.41, 5.74) is 8.84. The number of pyridine rings is 1. The Hall–Kier alpha value is -2.14. The van der Waals surface area contributed by atoms with Crippen LogP contribution >= 0.6 is 11.8 Å². The van der Waals surface area contributed by atoms with Gasteiger partial charge in [0.15, 0.2) is 5.16 Å². The lowest BCUT2D eigenvalue weighted by Gasteiger charge is -2.07. The van der Waals surface area contributed by atoms with Crippen molar-refractivity contribution in [2.24, 2.45) is 0 Å². The van der Waals surface area contributed by atoms with Crippen LogP contribution in [0.1, 0.15) is 5.56 Å². The molecule has 0 saturated heterocycles. The Morgan fingerprint density at radius 2 is 1.84 bits per heavy atom. The number of fused-ring (bicyclic) bond motifs is 1. The number of nitrogens with zero attached hydrogens (tertiary/aromatic N) is 3. The third-order valence-corrected chi connectivity index (χ3v) is 3.71. The first-order chi connectivity index (χ1) is 9.24. The molecule has 0 fully saturated rings. The quantitative estimate of drug-likeness (QED) is 0.571. The molecule has 0 aliphatic carbocycles. The lowest BCUT2D eigenvalue weighted by molar-refractivity contribution is 0.950. The molecule has 3 aromatic rings. The van der Waals surface area contributed by atoms with Crippen LogP contribution in [0.5, 0.6) is 0 Å². The Kier molecular flexibility index (Phi) is 3.05. The fraction of sp³-hybridized carbons (Fsp3) is 0.0714. The first-order valence-corrected chi connectivity index (χ1v) is 6.65. The first-order valence-electron chi connectivity index (χ1n) is 5.84. The molecule has 0 amide bonds. The normalized spacial score (nSPS) is 10.8. The standard InChI is InChI=1S/C14H12N4S/c1-9-7-17-14(18-8-9)19-12-5-4-11-10(13(12)15)3-2-6-16-11/h2-8H,15H2,1H3. The molecular weight excluding hydrogens is 256 g/mol. The highest BCUT2D eigenvalue weighted by atomic mass is 32.2. The number of nitrogens with two attached hydrogens (primary N) is 1. The molecule has 19 heavy (non-hydrogen) atoms. The number of anilines is 1. The van der Waals surface area contributed by atoms with E-state index < -0.39 is 0 Å². The molecule has 4 nitrogen and oxygen atoms in total. The van der Waals surface area contributed by atoms with E-state index in [1.807, 2.05) is 31.2 Å². The minimum atomic E-state index is 0.695. The topological polar surface area (TPSA) is 64.7 Å². The smallest absolute Gasteiger partial charge is 0.192 e. The zero-order valence-corrected chi connectivity index (χ0v) is 11.2. The minimum absolute atomic E-state index is 0.695. The summed E-state index contributed by atoms with van der Waals surface area (Å²) < 4.78 is 0. The molecule has 0 radical (unpaired) electrons. The molecule has 5 heteroatoms. The monoisotopic (exact) mass is 268 g/mol. The molecule has 0 atom stereocenters. The third-order valence-electron chi connectivity index (χ3n) is 2.75. The van der Waals surface area contributed by atoms with Crippen LogP contribution in [0, 0.1) is 6.92 Å². The van der Waals surface area contributed by atoms with Gasteiger partial charge in [-0.2, -0.15) is 0 Å². The Balaban J connectivity index is 2.01. The molecule has 0 saturated carbocycles. The van der Waals surface area contributed by atoms with Crippen LogP contribution in [0.15, 0.2) is 52.9 Å². The number of hydrogen-bond acceptors (Lipinski definition) is 5. The van der Waals surface area contributed by atoms with Crippen LogP contribution in [-0.2, 0) is 0 Å². The number of rotatable bonds is 2. The first kappa shape index (κ1) is 11.9. The van der Waals surface area contributed by atoms with E-state index in [2.05, 4.69) is 15.0 Å². The van der Waals surface area contributed by atoms with Gasteiger partial charge in [-0.3, -0.25) is 4.98 Å². The summed E-state index contributed by atoms with van der Waals surface area (Å²) in [6.45, 7) is 1.96. The van der Waals surface area contributed by atoms with E-state index in [4.69, 9.17) is 5.73 Å². The zero-order valence-electron chi connectivity index (χ0n) is 10.4. The van der Waals surface area contributed by atoms with Crippen LogP contribution in [-0.4, -0.2) is 15.0 Å². The maximum Gasteiger partial charge on any atom is 0.192 e. The van der Waals surface area contributed by atoms with Crippen molar-refractivity contribution >= 4 is 28.4 Å². The number of aryl methyl sites for hydroxylation is 1. The molecular formula is C14H12N4S. The predicted molar refractivity (Wildman–Crippen MR) is 77.0 cm³/mol. The highest BCUT2D eigenvalue weighted by molar-refractivity contribution is 7.99. The Morgan fingerprint density at radius 1 is 1.05 bits per heavy atom. The van der Waals surface area contributed by atoms with E-state index in [1.165, 1.54) is 11.8 Å². The van der Waals surface area contributed by atoms with E-state index >= 15 is 0 Å². The van der Waals surface area contributed by atoms with Gasteiger partial charge < -0.3 is 5.73 Å². The Labute approximate surface area is 115 Å². The van der Waals surface area contributed by atoms with Crippen molar-refractivity contribution in [1.82, 2.24) is 15.0 Å². The van der Waals surface area contributed by atoms with Crippen LogP contribution in [0.25, 0.3) is 10.9 Å². The molecule has 0 bridgehead atoms. The van der Waals surface area contributed by atoms with Crippen molar-refractivity contribution in [2.45, 2.75) is 17.0 Å². The van der Waals surface area contributed by atoms with Crippen molar-refractivity contribution in [2.75, 3.05) is 5.73 Å². The second-order valence-electron chi connectivity index (χ2n) is 4.19. The van der Waals surface area contributed by atoms with E-state index in [0.717, 1.165) is 27.0 Å². The minimum Gasteiger partial charge on any atom is -0.397 e. The van der Waals surface area contributed by atoms with Crippen LogP contribution in [0.2, 0.25) is 0 Å². The second kappa shape index (κ2) is 4.85. The molecule has 0 unspecified atom stereocenters. The molecule has 2 aromatic heterocycles. The molecule has 2 heterocycles. The molecule has 2 N–H and O–H groups in total.